The van der Waals surface area contributed by atoms with Gasteiger partial charge in [-0.25, -0.2) is 9.48 Å². The summed E-state index contributed by atoms with van der Waals surface area (Å²) in [5.41, 5.74) is 0.675. The Morgan fingerprint density at radius 2 is 2.21 bits per heavy atom. The number of rotatable bonds is 5. The van der Waals surface area contributed by atoms with Crippen molar-refractivity contribution in [1.29, 1.82) is 0 Å². The highest BCUT2D eigenvalue weighted by Gasteiger charge is 2.07. The largest absolute Gasteiger partial charge is 0.476 e. The van der Waals surface area contributed by atoms with Gasteiger partial charge in [0.05, 0.1) is 23.5 Å². The quantitative estimate of drug-likeness (QED) is 0.886. The van der Waals surface area contributed by atoms with Gasteiger partial charge in [0.15, 0.2) is 5.69 Å². The van der Waals surface area contributed by atoms with Gasteiger partial charge >= 0.3 is 5.97 Å². The van der Waals surface area contributed by atoms with E-state index in [2.05, 4.69) is 15.6 Å². The maximum Gasteiger partial charge on any atom is 0.358 e. The smallest absolute Gasteiger partial charge is 0.358 e. The van der Waals surface area contributed by atoms with Crippen LogP contribution in [0.1, 0.15) is 10.5 Å². The van der Waals surface area contributed by atoms with Crippen molar-refractivity contribution < 1.29 is 9.90 Å². The highest BCUT2D eigenvalue weighted by Crippen LogP contribution is 2.24. The Hall–Kier alpha value is -1.79. The van der Waals surface area contributed by atoms with E-state index in [1.807, 2.05) is 0 Å². The van der Waals surface area contributed by atoms with E-state index in [0.717, 1.165) is 5.69 Å². The van der Waals surface area contributed by atoms with Crippen LogP contribution in [0, 0.1) is 0 Å². The highest BCUT2D eigenvalue weighted by molar-refractivity contribution is 6.36. The molecule has 0 atom stereocenters. The molecular formula is C11H10Cl2N4O2. The Balaban J connectivity index is 1.90. The maximum atomic E-state index is 10.6. The summed E-state index contributed by atoms with van der Waals surface area (Å²) in [4.78, 5) is 10.6. The normalized spacial score (nSPS) is 10.4. The second-order valence-electron chi connectivity index (χ2n) is 3.72. The molecule has 0 aliphatic heterocycles. The zero-order valence-corrected chi connectivity index (χ0v) is 11.2. The van der Waals surface area contributed by atoms with Crippen LogP contribution in [0.4, 0.5) is 5.69 Å². The minimum absolute atomic E-state index is 0.0791. The van der Waals surface area contributed by atoms with Gasteiger partial charge in [-0.2, -0.15) is 0 Å². The summed E-state index contributed by atoms with van der Waals surface area (Å²) in [6, 6.07) is 5.14. The van der Waals surface area contributed by atoms with E-state index in [-0.39, 0.29) is 5.69 Å². The Kier molecular flexibility index (Phi) is 4.24. The molecule has 0 aliphatic rings. The second-order valence-corrected chi connectivity index (χ2v) is 4.57. The van der Waals surface area contributed by atoms with Crippen molar-refractivity contribution in [2.45, 2.75) is 6.54 Å². The summed E-state index contributed by atoms with van der Waals surface area (Å²) in [7, 11) is 0. The summed E-state index contributed by atoms with van der Waals surface area (Å²) < 4.78 is 1.44. The summed E-state index contributed by atoms with van der Waals surface area (Å²) >= 11 is 11.8. The van der Waals surface area contributed by atoms with Crippen LogP contribution >= 0.6 is 23.2 Å². The Labute approximate surface area is 118 Å². The standard InChI is InChI=1S/C11H10Cl2N4O2/c12-7-1-2-9(8(13)5-7)14-3-4-17-6-10(11(18)19)15-16-17/h1-2,5-6,14H,3-4H2,(H,18,19). The molecule has 2 aromatic rings. The lowest BCUT2D eigenvalue weighted by atomic mass is 10.3. The van der Waals surface area contributed by atoms with E-state index in [9.17, 15) is 4.79 Å². The van der Waals surface area contributed by atoms with Gasteiger partial charge in [-0.1, -0.05) is 28.4 Å². The molecule has 0 fully saturated rings. The fraction of sp³-hybridized carbons (Fsp3) is 0.182. The molecule has 8 heteroatoms. The number of hydrogen-bond acceptors (Lipinski definition) is 4. The van der Waals surface area contributed by atoms with Gasteiger partial charge in [0, 0.05) is 11.6 Å². The Morgan fingerprint density at radius 1 is 1.42 bits per heavy atom. The highest BCUT2D eigenvalue weighted by atomic mass is 35.5. The van der Waals surface area contributed by atoms with Gasteiger partial charge in [0.2, 0.25) is 0 Å². The van der Waals surface area contributed by atoms with Gasteiger partial charge in [0.1, 0.15) is 0 Å². The van der Waals surface area contributed by atoms with Gasteiger partial charge in [-0.15, -0.1) is 5.10 Å². The van der Waals surface area contributed by atoms with E-state index < -0.39 is 5.97 Å². The van der Waals surface area contributed by atoms with Crippen molar-refractivity contribution in [2.75, 3.05) is 11.9 Å². The second kappa shape index (κ2) is 5.90. The van der Waals surface area contributed by atoms with Crippen LogP contribution in [0.15, 0.2) is 24.4 Å². The molecule has 19 heavy (non-hydrogen) atoms. The molecule has 0 aliphatic carbocycles. The summed E-state index contributed by atoms with van der Waals surface area (Å²) in [5.74, 6) is -1.10. The number of nitrogens with one attached hydrogen (secondary N) is 1. The van der Waals surface area contributed by atoms with Crippen molar-refractivity contribution in [2.24, 2.45) is 0 Å². The number of carbonyl (C=O) groups is 1. The molecule has 0 bridgehead atoms. The number of anilines is 1. The summed E-state index contributed by atoms with van der Waals surface area (Å²) in [6.07, 6.45) is 1.37. The van der Waals surface area contributed by atoms with Gasteiger partial charge in [-0.3, -0.25) is 0 Å². The lowest BCUT2D eigenvalue weighted by Gasteiger charge is -2.08. The molecule has 1 aromatic heterocycles. The number of benzene rings is 1. The van der Waals surface area contributed by atoms with Crippen LogP contribution in [-0.2, 0) is 6.54 Å². The van der Waals surface area contributed by atoms with Crippen molar-refractivity contribution >= 4 is 34.9 Å². The van der Waals surface area contributed by atoms with Crippen molar-refractivity contribution in [1.82, 2.24) is 15.0 Å². The van der Waals surface area contributed by atoms with Crippen molar-refractivity contribution in [3.05, 3.63) is 40.1 Å². The number of carboxylic acid groups (broad SMARTS) is 1. The first-order valence-electron chi connectivity index (χ1n) is 5.38. The first-order chi connectivity index (χ1) is 9.06. The van der Waals surface area contributed by atoms with E-state index in [1.165, 1.54) is 10.9 Å². The van der Waals surface area contributed by atoms with Gasteiger partial charge in [0.25, 0.3) is 0 Å². The maximum absolute atomic E-state index is 10.6. The van der Waals surface area contributed by atoms with Crippen LogP contribution in [0.5, 0.6) is 0 Å². The Bertz CT molecular complexity index is 600. The third-order valence-electron chi connectivity index (χ3n) is 2.35. The average molecular weight is 301 g/mol. The van der Waals surface area contributed by atoms with Crippen LogP contribution in [0.3, 0.4) is 0 Å². The molecule has 100 valence electrons. The lowest BCUT2D eigenvalue weighted by Crippen LogP contribution is -2.11. The average Bonchev–Trinajstić information content (AvgIpc) is 2.81. The number of aromatic nitrogens is 3. The number of halogens is 2. The van der Waals surface area contributed by atoms with E-state index in [0.29, 0.717) is 23.1 Å². The predicted octanol–water partition coefficient (Wildman–Crippen LogP) is 2.40. The van der Waals surface area contributed by atoms with E-state index >= 15 is 0 Å². The van der Waals surface area contributed by atoms with Crippen LogP contribution in [0.2, 0.25) is 10.0 Å². The lowest BCUT2D eigenvalue weighted by molar-refractivity contribution is 0.0690. The first-order valence-corrected chi connectivity index (χ1v) is 6.14. The third kappa shape index (κ3) is 3.59. The van der Waals surface area contributed by atoms with Gasteiger partial charge in [-0.05, 0) is 18.2 Å². The van der Waals surface area contributed by atoms with Crippen LogP contribution in [0.25, 0.3) is 0 Å². The zero-order valence-electron chi connectivity index (χ0n) is 9.68. The predicted molar refractivity (Wildman–Crippen MR) is 71.9 cm³/mol. The van der Waals surface area contributed by atoms with Crippen molar-refractivity contribution in [3.8, 4) is 0 Å². The molecule has 0 saturated heterocycles. The molecular weight excluding hydrogens is 291 g/mol. The molecule has 1 heterocycles. The SMILES string of the molecule is O=C(O)c1cn(CCNc2ccc(Cl)cc2Cl)nn1. The van der Waals surface area contributed by atoms with Gasteiger partial charge < -0.3 is 10.4 Å². The molecule has 2 rings (SSSR count). The van der Waals surface area contributed by atoms with Crippen LogP contribution < -0.4 is 5.32 Å². The molecule has 0 amide bonds. The molecule has 2 N–H and O–H groups in total. The molecule has 0 unspecified atom stereocenters. The van der Waals surface area contributed by atoms with E-state index in [4.69, 9.17) is 28.3 Å². The molecule has 0 spiro atoms. The zero-order chi connectivity index (χ0) is 13.8. The topological polar surface area (TPSA) is 80.0 Å². The molecule has 0 radical (unpaired) electrons. The summed E-state index contributed by atoms with van der Waals surface area (Å²) in [5, 5.41) is 20.1. The molecule has 1 aromatic carbocycles. The molecule has 0 saturated carbocycles. The minimum atomic E-state index is -1.10. The number of hydrogen-bond donors (Lipinski definition) is 2. The minimum Gasteiger partial charge on any atom is -0.476 e. The fourth-order valence-electron chi connectivity index (χ4n) is 1.44. The third-order valence-corrected chi connectivity index (χ3v) is 2.89. The number of carboxylic acids is 1. The van der Waals surface area contributed by atoms with Crippen molar-refractivity contribution in [3.63, 3.8) is 0 Å². The molecule has 6 nitrogen and oxygen atoms in total. The van der Waals surface area contributed by atoms with E-state index in [1.54, 1.807) is 18.2 Å². The summed E-state index contributed by atoms with van der Waals surface area (Å²) in [6.45, 7) is 1.00. The monoisotopic (exact) mass is 300 g/mol. The first kappa shape index (κ1) is 13.6. The Morgan fingerprint density at radius 3 is 2.84 bits per heavy atom. The number of aromatic carboxylic acids is 1. The fourth-order valence-corrected chi connectivity index (χ4v) is 1.92. The van der Waals surface area contributed by atoms with Crippen LogP contribution in [-0.4, -0.2) is 32.6 Å². The number of nitrogens with zero attached hydrogens (tertiary/aromatic N) is 3.